The predicted molar refractivity (Wildman–Crippen MR) is 80.4 cm³/mol. The minimum absolute atomic E-state index is 0.106. The Balaban J connectivity index is 2.13. The van der Waals surface area contributed by atoms with Gasteiger partial charge < -0.3 is 10.3 Å². The number of hydrogen-bond donors (Lipinski definition) is 2. The number of rotatable bonds is 6. The molecule has 2 aromatic rings. The first-order chi connectivity index (χ1) is 9.26. The third-order valence-corrected chi connectivity index (χ3v) is 3.44. The van der Waals surface area contributed by atoms with Crippen molar-refractivity contribution in [2.24, 2.45) is 0 Å². The van der Waals surface area contributed by atoms with E-state index >= 15 is 0 Å². The van der Waals surface area contributed by atoms with Crippen LogP contribution in [0.1, 0.15) is 45.1 Å². The minimum Gasteiger partial charge on any atom is -0.341 e. The lowest BCUT2D eigenvalue weighted by molar-refractivity contribution is -0.116. The van der Waals surface area contributed by atoms with Gasteiger partial charge in [-0.1, -0.05) is 44.9 Å². The monoisotopic (exact) mass is 258 g/mol. The molecule has 0 atom stereocenters. The van der Waals surface area contributed by atoms with E-state index in [1.54, 1.807) is 0 Å². The topological polar surface area (TPSA) is 44.9 Å². The lowest BCUT2D eigenvalue weighted by Crippen LogP contribution is -2.12. The Morgan fingerprint density at radius 2 is 2.00 bits per heavy atom. The molecule has 102 valence electrons. The van der Waals surface area contributed by atoms with Crippen molar-refractivity contribution in [1.82, 2.24) is 4.98 Å². The number of benzene rings is 1. The van der Waals surface area contributed by atoms with Gasteiger partial charge in [-0.2, -0.15) is 0 Å². The maximum Gasteiger partial charge on any atom is 0.225 e. The van der Waals surface area contributed by atoms with Crippen LogP contribution < -0.4 is 5.32 Å². The number of aromatic nitrogens is 1. The summed E-state index contributed by atoms with van der Waals surface area (Å²) in [6.45, 7) is 4.26. The van der Waals surface area contributed by atoms with Gasteiger partial charge in [-0.15, -0.1) is 0 Å². The van der Waals surface area contributed by atoms with Crippen molar-refractivity contribution in [3.05, 3.63) is 29.8 Å². The molecule has 3 heteroatoms. The van der Waals surface area contributed by atoms with Crippen LogP contribution in [0.25, 0.3) is 10.9 Å². The Kier molecular flexibility index (Phi) is 4.61. The summed E-state index contributed by atoms with van der Waals surface area (Å²) in [4.78, 5) is 15.2. The number of carbonyl (C=O) groups excluding carboxylic acids is 1. The molecule has 0 unspecified atom stereocenters. The average Bonchev–Trinajstić information content (AvgIpc) is 2.76. The largest absolute Gasteiger partial charge is 0.341 e. The van der Waals surface area contributed by atoms with E-state index in [1.807, 2.05) is 18.2 Å². The summed E-state index contributed by atoms with van der Waals surface area (Å²) in [5.74, 6) is 0.972. The molecule has 0 saturated carbocycles. The van der Waals surface area contributed by atoms with Gasteiger partial charge in [0, 0.05) is 22.9 Å². The van der Waals surface area contributed by atoms with Crippen LogP contribution in [-0.4, -0.2) is 10.9 Å². The van der Waals surface area contributed by atoms with Crippen LogP contribution in [-0.2, 0) is 11.2 Å². The number of para-hydroxylation sites is 1. The first-order valence-corrected chi connectivity index (χ1v) is 7.15. The number of aryl methyl sites for hydroxylation is 1. The van der Waals surface area contributed by atoms with E-state index in [0.29, 0.717) is 6.42 Å². The van der Waals surface area contributed by atoms with Gasteiger partial charge >= 0.3 is 0 Å². The van der Waals surface area contributed by atoms with Crippen molar-refractivity contribution in [3.63, 3.8) is 0 Å². The van der Waals surface area contributed by atoms with Gasteiger partial charge in [0.2, 0.25) is 5.91 Å². The van der Waals surface area contributed by atoms with Crippen LogP contribution in [0.4, 0.5) is 5.82 Å². The summed E-state index contributed by atoms with van der Waals surface area (Å²) in [6.07, 6.45) is 4.73. The highest BCUT2D eigenvalue weighted by Gasteiger charge is 2.11. The van der Waals surface area contributed by atoms with E-state index < -0.39 is 0 Å². The molecule has 19 heavy (non-hydrogen) atoms. The van der Waals surface area contributed by atoms with Gasteiger partial charge in [0.25, 0.3) is 0 Å². The molecule has 1 amide bonds. The van der Waals surface area contributed by atoms with Crippen LogP contribution in [0.2, 0.25) is 0 Å². The molecule has 2 rings (SSSR count). The van der Waals surface area contributed by atoms with E-state index in [0.717, 1.165) is 37.0 Å². The summed E-state index contributed by atoms with van der Waals surface area (Å²) in [5.41, 5.74) is 2.28. The van der Waals surface area contributed by atoms with Crippen LogP contribution in [0, 0.1) is 0 Å². The summed E-state index contributed by atoms with van der Waals surface area (Å²) < 4.78 is 0. The molecule has 2 N–H and O–H groups in total. The highest BCUT2D eigenvalue weighted by Crippen LogP contribution is 2.26. The molecule has 0 aliphatic carbocycles. The number of anilines is 1. The smallest absolute Gasteiger partial charge is 0.225 e. The van der Waals surface area contributed by atoms with Gasteiger partial charge in [0.05, 0.1) is 0 Å². The van der Waals surface area contributed by atoms with E-state index in [2.05, 4.69) is 30.2 Å². The van der Waals surface area contributed by atoms with E-state index in [-0.39, 0.29) is 5.91 Å². The molecule has 1 heterocycles. The second-order valence-electron chi connectivity index (χ2n) is 4.88. The number of unbranched alkanes of at least 4 members (excludes halogenated alkanes) is 2. The predicted octanol–water partition coefficient (Wildman–Crippen LogP) is 4.25. The molecular formula is C16H22N2O. The summed E-state index contributed by atoms with van der Waals surface area (Å²) in [6, 6.07) is 8.17. The highest BCUT2D eigenvalue weighted by molar-refractivity contribution is 5.96. The number of aromatic amines is 1. The number of H-pyrrole nitrogens is 1. The van der Waals surface area contributed by atoms with Crippen LogP contribution in [0.15, 0.2) is 24.3 Å². The van der Waals surface area contributed by atoms with Crippen molar-refractivity contribution < 1.29 is 4.79 Å². The fourth-order valence-corrected chi connectivity index (χ4v) is 2.41. The Morgan fingerprint density at radius 3 is 2.74 bits per heavy atom. The second-order valence-corrected chi connectivity index (χ2v) is 4.88. The molecular weight excluding hydrogens is 236 g/mol. The van der Waals surface area contributed by atoms with E-state index in [9.17, 15) is 4.79 Å². The standard InChI is InChI=1S/C16H22N2O/c1-3-5-6-11-15(19)18-16-12(4-2)13-9-7-8-10-14(13)17-16/h7-10,17H,3-6,11H2,1-2H3,(H,18,19). The fourth-order valence-electron chi connectivity index (χ4n) is 2.41. The van der Waals surface area contributed by atoms with Gasteiger partial charge in [0.15, 0.2) is 0 Å². The number of hydrogen-bond acceptors (Lipinski definition) is 1. The third kappa shape index (κ3) is 3.16. The first kappa shape index (κ1) is 13.7. The van der Waals surface area contributed by atoms with Gasteiger partial charge in [-0.3, -0.25) is 4.79 Å². The number of carbonyl (C=O) groups is 1. The zero-order valence-corrected chi connectivity index (χ0v) is 11.8. The lowest BCUT2D eigenvalue weighted by atomic mass is 10.1. The highest BCUT2D eigenvalue weighted by atomic mass is 16.1. The van der Waals surface area contributed by atoms with Crippen molar-refractivity contribution in [3.8, 4) is 0 Å². The first-order valence-electron chi connectivity index (χ1n) is 7.15. The molecule has 0 bridgehead atoms. The fraction of sp³-hybridized carbons (Fsp3) is 0.438. The Morgan fingerprint density at radius 1 is 1.21 bits per heavy atom. The van der Waals surface area contributed by atoms with E-state index in [1.165, 1.54) is 10.9 Å². The zero-order chi connectivity index (χ0) is 13.7. The molecule has 0 aliphatic rings. The van der Waals surface area contributed by atoms with Crippen molar-refractivity contribution in [2.75, 3.05) is 5.32 Å². The summed E-state index contributed by atoms with van der Waals surface area (Å²) >= 11 is 0. The summed E-state index contributed by atoms with van der Waals surface area (Å²) in [5, 5.41) is 4.22. The Labute approximate surface area is 114 Å². The average molecular weight is 258 g/mol. The lowest BCUT2D eigenvalue weighted by Gasteiger charge is -2.05. The van der Waals surface area contributed by atoms with Gasteiger partial charge in [0.1, 0.15) is 5.82 Å². The second kappa shape index (κ2) is 6.41. The molecule has 0 radical (unpaired) electrons. The number of amides is 1. The van der Waals surface area contributed by atoms with Crippen LogP contribution >= 0.6 is 0 Å². The SMILES string of the molecule is CCCCCC(=O)Nc1[nH]c2ccccc2c1CC. The van der Waals surface area contributed by atoms with Crippen LogP contribution in [0.5, 0.6) is 0 Å². The van der Waals surface area contributed by atoms with Crippen molar-refractivity contribution in [2.45, 2.75) is 46.0 Å². The molecule has 0 saturated heterocycles. The Hall–Kier alpha value is -1.77. The van der Waals surface area contributed by atoms with Crippen molar-refractivity contribution >= 4 is 22.6 Å². The summed E-state index contributed by atoms with van der Waals surface area (Å²) in [7, 11) is 0. The Bertz CT molecular complexity index is 557. The maximum atomic E-state index is 11.9. The molecule has 0 fully saturated rings. The third-order valence-electron chi connectivity index (χ3n) is 3.44. The number of nitrogens with one attached hydrogen (secondary N) is 2. The van der Waals surface area contributed by atoms with Crippen LogP contribution in [0.3, 0.4) is 0 Å². The van der Waals surface area contributed by atoms with Gasteiger partial charge in [-0.25, -0.2) is 0 Å². The quantitative estimate of drug-likeness (QED) is 0.747. The maximum absolute atomic E-state index is 11.9. The van der Waals surface area contributed by atoms with Crippen molar-refractivity contribution in [1.29, 1.82) is 0 Å². The zero-order valence-electron chi connectivity index (χ0n) is 11.8. The molecule has 1 aromatic heterocycles. The molecule has 0 aliphatic heterocycles. The minimum atomic E-state index is 0.106. The molecule has 1 aromatic carbocycles. The van der Waals surface area contributed by atoms with Gasteiger partial charge in [-0.05, 0) is 18.9 Å². The number of fused-ring (bicyclic) bond motifs is 1. The van der Waals surface area contributed by atoms with E-state index in [4.69, 9.17) is 0 Å². The normalized spacial score (nSPS) is 10.8. The molecule has 0 spiro atoms. The molecule has 3 nitrogen and oxygen atoms in total.